The maximum Gasteiger partial charge on any atom is 0.412 e. The summed E-state index contributed by atoms with van der Waals surface area (Å²) in [6.45, 7) is 16.7. The number of benzene rings is 1. The summed E-state index contributed by atoms with van der Waals surface area (Å²) < 4.78 is 50.7. The van der Waals surface area contributed by atoms with Crippen molar-refractivity contribution in [3.63, 3.8) is 0 Å². The third-order valence-electron chi connectivity index (χ3n) is 13.7. The van der Waals surface area contributed by atoms with Gasteiger partial charge in [-0.1, -0.05) is 20.8 Å². The molecule has 20 nitrogen and oxygen atoms in total. The van der Waals surface area contributed by atoms with Gasteiger partial charge in [-0.25, -0.2) is 4.79 Å². The van der Waals surface area contributed by atoms with Crippen molar-refractivity contribution in [3.8, 4) is 0 Å². The highest BCUT2D eigenvalue weighted by atomic mass is 16.7. The lowest BCUT2D eigenvalue weighted by Crippen LogP contribution is -2.61. The van der Waals surface area contributed by atoms with Crippen LogP contribution in [-0.2, 0) is 47.5 Å². The van der Waals surface area contributed by atoms with E-state index in [0.29, 0.717) is 6.42 Å². The van der Waals surface area contributed by atoms with Crippen LogP contribution in [0.2, 0.25) is 0 Å². The number of nitrogens with one attached hydrogen (secondary N) is 2. The first-order valence-corrected chi connectivity index (χ1v) is 22.4. The predicted octanol–water partition coefficient (Wildman–Crippen LogP) is 3.90. The van der Waals surface area contributed by atoms with E-state index >= 15 is 0 Å². The molecule has 3 fully saturated rings. The monoisotopic (exact) mass is 927 g/mol. The molecule has 0 aliphatic carbocycles. The van der Waals surface area contributed by atoms with E-state index in [-0.39, 0.29) is 42.8 Å². The van der Waals surface area contributed by atoms with Crippen molar-refractivity contribution in [1.29, 1.82) is 0 Å². The zero-order valence-electron chi connectivity index (χ0n) is 40.3. The van der Waals surface area contributed by atoms with Gasteiger partial charge in [0.15, 0.2) is 18.7 Å². The van der Waals surface area contributed by atoms with Gasteiger partial charge >= 0.3 is 12.1 Å². The number of ether oxygens (including phenoxy) is 8. The van der Waals surface area contributed by atoms with Crippen molar-refractivity contribution in [1.82, 2.24) is 10.2 Å². The number of hydrogen-bond acceptors (Lipinski definition) is 17. The van der Waals surface area contributed by atoms with Crippen molar-refractivity contribution in [2.24, 2.45) is 17.8 Å². The number of likely N-dealkylation sites (N-methyl/N-ethyl adjacent to an activating group) is 1. The maximum absolute atomic E-state index is 14.5. The lowest BCUT2D eigenvalue weighted by Gasteiger charge is -2.49. The normalized spacial score (nSPS) is 41.4. The number of nitro benzene ring substituents is 1. The van der Waals surface area contributed by atoms with Crippen LogP contribution in [0.25, 0.3) is 0 Å². The zero-order valence-corrected chi connectivity index (χ0v) is 40.3. The molecule has 0 spiro atoms. The van der Waals surface area contributed by atoms with Crippen molar-refractivity contribution in [2.45, 2.75) is 185 Å². The predicted molar refractivity (Wildman–Crippen MR) is 235 cm³/mol. The van der Waals surface area contributed by atoms with Gasteiger partial charge in [-0.15, -0.1) is 0 Å². The molecule has 65 heavy (non-hydrogen) atoms. The summed E-state index contributed by atoms with van der Waals surface area (Å²) in [5, 5.41) is 51.6. The Kier molecular flexibility index (Phi) is 18.3. The Bertz CT molecular complexity index is 1770. The number of amides is 2. The van der Waals surface area contributed by atoms with Gasteiger partial charge < -0.3 is 63.4 Å². The number of rotatable bonds is 11. The number of nitrogens with zero attached hydrogens (tertiary/aromatic N) is 2. The van der Waals surface area contributed by atoms with Crippen LogP contribution in [0.1, 0.15) is 94.9 Å². The second-order valence-corrected chi connectivity index (χ2v) is 19.0. The summed E-state index contributed by atoms with van der Waals surface area (Å²) in [5.74, 6) is -4.42. The molecular weight excluding hydrogens is 853 g/mol. The Balaban J connectivity index is 1.78. The van der Waals surface area contributed by atoms with Gasteiger partial charge in [-0.2, -0.15) is 0 Å². The molecule has 0 unspecified atom stereocenters. The summed E-state index contributed by atoms with van der Waals surface area (Å²) in [5.41, 5.74) is -4.47. The number of aliphatic hydroxyl groups excluding tert-OH is 2. The van der Waals surface area contributed by atoms with E-state index in [2.05, 4.69) is 10.6 Å². The molecule has 0 bridgehead atoms. The summed E-state index contributed by atoms with van der Waals surface area (Å²) >= 11 is 0. The number of cyclic esters (lactones) is 1. The minimum atomic E-state index is -2.06. The molecule has 1 aromatic carbocycles. The van der Waals surface area contributed by atoms with Crippen LogP contribution in [0.4, 0.5) is 16.2 Å². The number of aliphatic hydroxyl groups is 3. The first-order valence-electron chi connectivity index (χ1n) is 22.4. The van der Waals surface area contributed by atoms with E-state index < -0.39 is 119 Å². The molecular formula is C45H74N4O16. The van der Waals surface area contributed by atoms with Crippen LogP contribution >= 0.6 is 0 Å². The molecule has 20 heteroatoms. The Morgan fingerprint density at radius 3 is 2.09 bits per heavy atom. The highest BCUT2D eigenvalue weighted by Crippen LogP contribution is 2.41. The van der Waals surface area contributed by atoms with Crippen LogP contribution in [-0.4, -0.2) is 162 Å². The van der Waals surface area contributed by atoms with Crippen molar-refractivity contribution in [2.75, 3.05) is 33.6 Å². The number of methoxy groups -OCH3 is 2. The molecule has 1 aromatic rings. The van der Waals surface area contributed by atoms with Gasteiger partial charge in [-0.05, 0) is 94.0 Å². The minimum Gasteiger partial charge on any atom is -0.459 e. The van der Waals surface area contributed by atoms with Crippen LogP contribution in [0.15, 0.2) is 24.3 Å². The van der Waals surface area contributed by atoms with Crippen LogP contribution in [0.5, 0.6) is 0 Å². The number of esters is 1. The molecule has 370 valence electrons. The van der Waals surface area contributed by atoms with E-state index in [4.69, 9.17) is 37.9 Å². The smallest absolute Gasteiger partial charge is 0.412 e. The average Bonchev–Trinajstić information content (AvgIpc) is 3.24. The van der Waals surface area contributed by atoms with Crippen molar-refractivity contribution >= 4 is 29.3 Å². The van der Waals surface area contributed by atoms with Crippen LogP contribution < -0.4 is 10.6 Å². The average molecular weight is 927 g/mol. The molecule has 2 amide bonds. The standard InChI is InChI=1S/C45H74N4O16/c1-15-32-45(10,55)36(51)27(6)39(52)46-23(2)21-43(8,58-13)37(64-41-34(50)31(48(11)12)20-24(3)60-41)25(4)35(26(5)40(53)62-32)63-33-22-44(9,59-14)38(28(7)61-33)65-42(54)47-29-16-18-30(19-17-29)49(56)57/h16-19,23-28,31-38,41,50-51,55H,15,20-22H2,1-14H3,(H,46,52)(H,47,54)/t23-,24-,25+,26-,27+,28+,31+,32+,33+,34-,35-,36-,37-,38+,41+,43+,44-,45-/m1/s1. The molecule has 0 radical (unpaired) electrons. The van der Waals surface area contributed by atoms with E-state index in [0.717, 1.165) is 0 Å². The van der Waals surface area contributed by atoms with Gasteiger partial charge in [0.25, 0.3) is 5.69 Å². The van der Waals surface area contributed by atoms with E-state index in [1.54, 1.807) is 48.5 Å². The second-order valence-electron chi connectivity index (χ2n) is 19.0. The number of hydrogen-bond donors (Lipinski definition) is 5. The topological polar surface area (TPSA) is 256 Å². The largest absolute Gasteiger partial charge is 0.459 e. The van der Waals surface area contributed by atoms with Gasteiger partial charge in [0.2, 0.25) is 5.91 Å². The fourth-order valence-corrected chi connectivity index (χ4v) is 9.59. The molecule has 3 aliphatic rings. The second kappa shape index (κ2) is 22.0. The summed E-state index contributed by atoms with van der Waals surface area (Å²) in [4.78, 5) is 53.8. The first-order chi connectivity index (χ1) is 30.2. The third kappa shape index (κ3) is 12.5. The molecule has 3 saturated heterocycles. The van der Waals surface area contributed by atoms with E-state index in [1.807, 2.05) is 25.9 Å². The van der Waals surface area contributed by atoms with Gasteiger partial charge in [0.1, 0.15) is 23.4 Å². The number of non-ortho nitro benzene ring substituents is 1. The highest BCUT2D eigenvalue weighted by molar-refractivity contribution is 5.85. The highest BCUT2D eigenvalue weighted by Gasteiger charge is 2.54. The Hall–Kier alpha value is -3.57. The third-order valence-corrected chi connectivity index (χ3v) is 13.7. The Labute approximate surface area is 382 Å². The van der Waals surface area contributed by atoms with Crippen molar-refractivity contribution < 1.29 is 72.5 Å². The SMILES string of the molecule is CC[C@@H]1OC(=O)[C@H](C)[C@H](O[C@H]2C[C@@](C)(OC)[C@@H](OC(=O)Nc3ccc([N+](=O)[O-])cc3)[C@H](C)O2)[C@H](C)[C@@H](O[C@@H]2O[C@H](C)C[C@H](N(C)C)[C@H]2O)[C@@](C)(OC)C[C@@H](C)NC(=O)[C@@H](C)[C@@H](O)[C@]1(C)O. The molecule has 0 saturated carbocycles. The molecule has 3 heterocycles. The van der Waals surface area contributed by atoms with Crippen LogP contribution in [0.3, 0.4) is 0 Å². The number of carbonyl (C=O) groups is 3. The van der Waals surface area contributed by atoms with Crippen molar-refractivity contribution in [3.05, 3.63) is 34.4 Å². The molecule has 3 aliphatic heterocycles. The minimum absolute atomic E-state index is 0.0205. The summed E-state index contributed by atoms with van der Waals surface area (Å²) in [7, 11) is 6.65. The van der Waals surface area contributed by atoms with Gasteiger partial charge in [0.05, 0.1) is 52.9 Å². The number of nitro groups is 1. The summed E-state index contributed by atoms with van der Waals surface area (Å²) in [6.07, 6.45) is -10.8. The molecule has 4 rings (SSSR count). The zero-order chi connectivity index (χ0) is 48.9. The Morgan fingerprint density at radius 2 is 1.54 bits per heavy atom. The fourth-order valence-electron chi connectivity index (χ4n) is 9.59. The quantitative estimate of drug-likeness (QED) is 0.120. The van der Waals surface area contributed by atoms with Gasteiger partial charge in [-0.3, -0.25) is 25.0 Å². The molecule has 5 N–H and O–H groups in total. The first kappa shape index (κ1) is 54.0. The fraction of sp³-hybridized carbons (Fsp3) is 0.800. The van der Waals surface area contributed by atoms with E-state index in [1.165, 1.54) is 52.3 Å². The van der Waals surface area contributed by atoms with Crippen LogP contribution in [0, 0.1) is 27.9 Å². The summed E-state index contributed by atoms with van der Waals surface area (Å²) in [6, 6.07) is 4.30. The number of carbonyl (C=O) groups excluding carboxylic acids is 3. The Morgan fingerprint density at radius 1 is 0.938 bits per heavy atom. The van der Waals surface area contributed by atoms with E-state index in [9.17, 15) is 39.8 Å². The lowest BCUT2D eigenvalue weighted by atomic mass is 9.78. The molecule has 0 aromatic heterocycles. The molecule has 18 atom stereocenters. The number of anilines is 1. The maximum atomic E-state index is 14.5. The lowest BCUT2D eigenvalue weighted by molar-refractivity contribution is -0.384. The van der Waals surface area contributed by atoms with Gasteiger partial charge in [0, 0.05) is 56.5 Å².